The highest BCUT2D eigenvalue weighted by Crippen LogP contribution is 2.30. The van der Waals surface area contributed by atoms with Crippen molar-refractivity contribution < 1.29 is 13.2 Å². The van der Waals surface area contributed by atoms with E-state index in [4.69, 9.17) is 0 Å². The summed E-state index contributed by atoms with van der Waals surface area (Å²) in [7, 11) is -3.72. The maximum Gasteiger partial charge on any atom is 0.263 e. The first-order valence-electron chi connectivity index (χ1n) is 10.2. The van der Waals surface area contributed by atoms with Crippen LogP contribution in [-0.2, 0) is 14.8 Å². The third-order valence-corrected chi connectivity index (χ3v) is 7.55. The van der Waals surface area contributed by atoms with Gasteiger partial charge in [0.05, 0.1) is 21.0 Å². The van der Waals surface area contributed by atoms with Gasteiger partial charge in [-0.15, -0.1) is 0 Å². The quantitative estimate of drug-likeness (QED) is 0.375. The van der Waals surface area contributed by atoms with Gasteiger partial charge in [-0.1, -0.05) is 66.3 Å². The molecule has 164 valence electrons. The van der Waals surface area contributed by atoms with E-state index < -0.39 is 10.0 Å². The van der Waals surface area contributed by atoms with Gasteiger partial charge >= 0.3 is 0 Å². The number of hydrogen-bond donors (Lipinski definition) is 2. The van der Waals surface area contributed by atoms with Gasteiger partial charge in [-0.2, -0.15) is 0 Å². The summed E-state index contributed by atoms with van der Waals surface area (Å²) in [6.07, 6.45) is 0.684. The van der Waals surface area contributed by atoms with Crippen molar-refractivity contribution >= 4 is 48.3 Å². The van der Waals surface area contributed by atoms with Crippen LogP contribution in [-0.4, -0.2) is 19.3 Å². The number of carbonyl (C=O) groups excluding carboxylic acids is 1. The van der Waals surface area contributed by atoms with E-state index in [1.165, 1.54) is 11.3 Å². The second kappa shape index (κ2) is 9.10. The molecule has 0 radical (unpaired) electrons. The molecule has 2 N–H and O–H groups in total. The molecule has 0 fully saturated rings. The molecule has 0 saturated carbocycles. The zero-order valence-corrected chi connectivity index (χ0v) is 19.3. The number of thiazole rings is 1. The van der Waals surface area contributed by atoms with Gasteiger partial charge in [-0.3, -0.25) is 9.52 Å². The lowest BCUT2D eigenvalue weighted by molar-refractivity contribution is -0.117. The van der Waals surface area contributed by atoms with E-state index in [0.717, 1.165) is 15.8 Å². The van der Waals surface area contributed by atoms with Crippen molar-refractivity contribution in [1.82, 2.24) is 4.98 Å². The minimum atomic E-state index is -3.72. The first-order chi connectivity index (χ1) is 15.4. The molecule has 0 aliphatic rings. The van der Waals surface area contributed by atoms with Crippen LogP contribution in [0, 0.1) is 6.92 Å². The molecule has 4 rings (SSSR count). The van der Waals surface area contributed by atoms with Gasteiger partial charge in [0, 0.05) is 5.69 Å². The fraction of sp³-hybridized carbons (Fsp3) is 0.167. The van der Waals surface area contributed by atoms with Crippen LogP contribution in [0.15, 0.2) is 77.7 Å². The molecule has 1 aromatic heterocycles. The van der Waals surface area contributed by atoms with Crippen molar-refractivity contribution in [1.29, 1.82) is 0 Å². The molecule has 0 unspecified atom stereocenters. The Balaban J connectivity index is 1.53. The lowest BCUT2D eigenvalue weighted by atomic mass is 9.95. The second-order valence-corrected chi connectivity index (χ2v) is 10.2. The van der Waals surface area contributed by atoms with Gasteiger partial charge in [0.1, 0.15) is 0 Å². The van der Waals surface area contributed by atoms with E-state index in [1.54, 1.807) is 36.4 Å². The molecule has 0 spiro atoms. The Morgan fingerprint density at radius 3 is 2.44 bits per heavy atom. The number of nitrogens with zero attached hydrogens (tertiary/aromatic N) is 1. The zero-order valence-electron chi connectivity index (χ0n) is 17.7. The number of amides is 1. The Labute approximate surface area is 191 Å². The minimum absolute atomic E-state index is 0.0807. The minimum Gasteiger partial charge on any atom is -0.326 e. The first kappa shape index (κ1) is 22.0. The van der Waals surface area contributed by atoms with Crippen LogP contribution in [0.25, 0.3) is 10.2 Å². The molecule has 0 aliphatic heterocycles. The zero-order chi connectivity index (χ0) is 22.7. The number of nitrogens with one attached hydrogen (secondary N) is 2. The molecule has 0 aliphatic carbocycles. The highest BCUT2D eigenvalue weighted by atomic mass is 32.2. The predicted octanol–water partition coefficient (Wildman–Crippen LogP) is 5.54. The van der Waals surface area contributed by atoms with Crippen LogP contribution in [0.1, 0.15) is 30.4 Å². The van der Waals surface area contributed by atoms with Crippen molar-refractivity contribution in [3.05, 3.63) is 83.9 Å². The van der Waals surface area contributed by atoms with Gasteiger partial charge in [-0.05, 0) is 49.2 Å². The number of benzene rings is 3. The predicted molar refractivity (Wildman–Crippen MR) is 130 cm³/mol. The van der Waals surface area contributed by atoms with Crippen LogP contribution in [0.2, 0.25) is 0 Å². The first-order valence-corrected chi connectivity index (χ1v) is 12.5. The van der Waals surface area contributed by atoms with Crippen LogP contribution in [0.5, 0.6) is 0 Å². The molecular weight excluding hydrogens is 442 g/mol. The normalized spacial score (nSPS) is 12.4. The highest BCUT2D eigenvalue weighted by molar-refractivity contribution is 7.93. The molecule has 3 aromatic carbocycles. The molecule has 4 aromatic rings. The summed E-state index contributed by atoms with van der Waals surface area (Å²) < 4.78 is 28.6. The van der Waals surface area contributed by atoms with Crippen LogP contribution >= 0.6 is 11.3 Å². The third kappa shape index (κ3) is 4.81. The molecule has 1 amide bonds. The summed E-state index contributed by atoms with van der Waals surface area (Å²) in [5.41, 5.74) is 3.26. The molecule has 8 heteroatoms. The Bertz CT molecular complexity index is 1350. The van der Waals surface area contributed by atoms with Crippen molar-refractivity contribution in [3.8, 4) is 0 Å². The van der Waals surface area contributed by atoms with Crippen molar-refractivity contribution in [2.24, 2.45) is 0 Å². The number of hydrogen-bond acceptors (Lipinski definition) is 5. The summed E-state index contributed by atoms with van der Waals surface area (Å²) in [4.78, 5) is 17.4. The van der Waals surface area contributed by atoms with Crippen LogP contribution < -0.4 is 10.0 Å². The van der Waals surface area contributed by atoms with Gasteiger partial charge in [-0.25, -0.2) is 13.4 Å². The van der Waals surface area contributed by atoms with E-state index in [-0.39, 0.29) is 21.9 Å². The standard InChI is InChI=1S/C24H23N3O3S2/c1-3-20(17-7-5-4-6-8-17)23(28)25-18-11-14-21-22(15-18)31-24(26-21)27-32(29,30)19-12-9-16(2)10-13-19/h4-15,20H,3H2,1-2H3,(H,25,28)(H,26,27)/t20-/m0/s1. The number of sulfonamides is 1. The molecule has 0 bridgehead atoms. The summed E-state index contributed by atoms with van der Waals surface area (Å²) in [5.74, 6) is -0.326. The van der Waals surface area contributed by atoms with E-state index in [0.29, 0.717) is 17.6 Å². The van der Waals surface area contributed by atoms with Gasteiger partial charge in [0.2, 0.25) is 5.91 Å². The molecule has 32 heavy (non-hydrogen) atoms. The van der Waals surface area contributed by atoms with E-state index in [1.807, 2.05) is 50.2 Å². The monoisotopic (exact) mass is 465 g/mol. The molecule has 1 atom stereocenters. The number of aromatic nitrogens is 1. The Kier molecular flexibility index (Phi) is 6.25. The summed E-state index contributed by atoms with van der Waals surface area (Å²) >= 11 is 1.22. The highest BCUT2D eigenvalue weighted by Gasteiger charge is 2.20. The van der Waals surface area contributed by atoms with Crippen molar-refractivity contribution in [2.45, 2.75) is 31.1 Å². The van der Waals surface area contributed by atoms with Gasteiger partial charge in [0.25, 0.3) is 10.0 Å². The topological polar surface area (TPSA) is 88.2 Å². The number of carbonyl (C=O) groups is 1. The van der Waals surface area contributed by atoms with E-state index >= 15 is 0 Å². The largest absolute Gasteiger partial charge is 0.326 e. The number of aryl methyl sites for hydroxylation is 1. The SMILES string of the molecule is CC[C@H](C(=O)Nc1ccc2nc(NS(=O)(=O)c3ccc(C)cc3)sc2c1)c1ccccc1. The molecule has 1 heterocycles. The summed E-state index contributed by atoms with van der Waals surface area (Å²) in [5, 5.41) is 3.25. The van der Waals surface area contributed by atoms with Gasteiger partial charge in [0.15, 0.2) is 5.13 Å². The Hall–Kier alpha value is -3.23. The van der Waals surface area contributed by atoms with Crippen LogP contribution in [0.3, 0.4) is 0 Å². The molecular formula is C24H23N3O3S2. The van der Waals surface area contributed by atoms with E-state index in [9.17, 15) is 13.2 Å². The third-order valence-electron chi connectivity index (χ3n) is 5.14. The Morgan fingerprint density at radius 2 is 1.75 bits per heavy atom. The number of fused-ring (bicyclic) bond motifs is 1. The maximum absolute atomic E-state index is 12.8. The number of anilines is 2. The second-order valence-electron chi connectivity index (χ2n) is 7.48. The average molecular weight is 466 g/mol. The molecule has 0 saturated heterocycles. The van der Waals surface area contributed by atoms with Crippen molar-refractivity contribution in [3.63, 3.8) is 0 Å². The Morgan fingerprint density at radius 1 is 1.03 bits per heavy atom. The fourth-order valence-electron chi connectivity index (χ4n) is 3.42. The lowest BCUT2D eigenvalue weighted by Gasteiger charge is -2.15. The summed E-state index contributed by atoms with van der Waals surface area (Å²) in [6, 6.07) is 21.7. The average Bonchev–Trinajstić information content (AvgIpc) is 3.16. The molecule has 6 nitrogen and oxygen atoms in total. The van der Waals surface area contributed by atoms with E-state index in [2.05, 4.69) is 15.0 Å². The maximum atomic E-state index is 12.8. The van der Waals surface area contributed by atoms with Crippen LogP contribution in [0.4, 0.5) is 10.8 Å². The fourth-order valence-corrected chi connectivity index (χ4v) is 5.56. The van der Waals surface area contributed by atoms with Crippen molar-refractivity contribution in [2.75, 3.05) is 10.0 Å². The summed E-state index contributed by atoms with van der Waals surface area (Å²) in [6.45, 7) is 3.88. The lowest BCUT2D eigenvalue weighted by Crippen LogP contribution is -2.20. The smallest absolute Gasteiger partial charge is 0.263 e. The van der Waals surface area contributed by atoms with Gasteiger partial charge < -0.3 is 5.32 Å². The number of rotatable bonds is 7.